The Kier molecular flexibility index (Phi) is 4.75. The largest absolute Gasteiger partial charge is 0.418 e. The van der Waals surface area contributed by atoms with Crippen molar-refractivity contribution in [3.05, 3.63) is 34.7 Å². The van der Waals surface area contributed by atoms with Gasteiger partial charge in [0.15, 0.2) is 0 Å². The molecule has 3 nitrogen and oxygen atoms in total. The molecule has 1 aliphatic carbocycles. The summed E-state index contributed by atoms with van der Waals surface area (Å²) in [6.45, 7) is 4.88. The number of alkyl halides is 3. The van der Waals surface area contributed by atoms with Crippen LogP contribution in [0.5, 0.6) is 0 Å². The number of anilines is 1. The Bertz CT molecular complexity index is 529. The Hall–Kier alpha value is -1.72. The summed E-state index contributed by atoms with van der Waals surface area (Å²) in [5.41, 5.74) is 2.04. The van der Waals surface area contributed by atoms with Gasteiger partial charge in [0.2, 0.25) is 0 Å². The second-order valence-electron chi connectivity index (χ2n) is 5.20. The van der Waals surface area contributed by atoms with Crippen LogP contribution in [-0.2, 0) is 6.18 Å². The number of hydrogen-bond donors (Lipinski definition) is 2. The lowest BCUT2D eigenvalue weighted by molar-refractivity contribution is -0.138. The molecule has 0 aliphatic heterocycles. The van der Waals surface area contributed by atoms with Crippen LogP contribution in [0.3, 0.4) is 0 Å². The highest BCUT2D eigenvalue weighted by Gasteiger charge is 2.32. The first-order chi connectivity index (χ1) is 9.91. The van der Waals surface area contributed by atoms with Gasteiger partial charge in [-0.05, 0) is 50.3 Å². The normalized spacial score (nSPS) is 14.6. The average molecular weight is 299 g/mol. The first-order valence-electron chi connectivity index (χ1n) is 7.14. The monoisotopic (exact) mass is 299 g/mol. The van der Waals surface area contributed by atoms with E-state index >= 15 is 0 Å². The maximum Gasteiger partial charge on any atom is 0.418 e. The van der Waals surface area contributed by atoms with Crippen LogP contribution < -0.4 is 10.6 Å². The molecule has 2 rings (SSSR count). The van der Waals surface area contributed by atoms with Crippen LogP contribution in [0.2, 0.25) is 0 Å². The minimum Gasteiger partial charge on any atom is -0.387 e. The van der Waals surface area contributed by atoms with Crippen LogP contribution in [0.1, 0.15) is 37.3 Å². The zero-order chi connectivity index (χ0) is 15.5. The van der Waals surface area contributed by atoms with Crippen LogP contribution in [0.25, 0.3) is 0 Å². The van der Waals surface area contributed by atoms with Gasteiger partial charge in [0.1, 0.15) is 5.82 Å². The van der Waals surface area contributed by atoms with E-state index in [9.17, 15) is 13.2 Å². The molecule has 0 aromatic carbocycles. The molecule has 0 atom stereocenters. The van der Waals surface area contributed by atoms with Crippen LogP contribution in [0, 0.1) is 6.92 Å². The number of likely N-dealkylation sites (N-methyl/N-ethyl adjacent to an activating group) is 1. The maximum atomic E-state index is 12.7. The number of nitrogens with zero attached hydrogens (tertiary/aromatic N) is 1. The molecule has 0 amide bonds. The van der Waals surface area contributed by atoms with E-state index in [2.05, 4.69) is 15.6 Å². The van der Waals surface area contributed by atoms with Gasteiger partial charge in [0.05, 0.1) is 12.1 Å². The van der Waals surface area contributed by atoms with E-state index < -0.39 is 11.7 Å². The van der Waals surface area contributed by atoms with Crippen LogP contribution in [0.4, 0.5) is 19.0 Å². The van der Waals surface area contributed by atoms with E-state index in [1.54, 1.807) is 0 Å². The summed E-state index contributed by atoms with van der Waals surface area (Å²) in [6.07, 6.45) is -0.0473. The summed E-state index contributed by atoms with van der Waals surface area (Å²) in [7, 11) is 0. The van der Waals surface area contributed by atoms with Crippen molar-refractivity contribution in [3.63, 3.8) is 0 Å². The topological polar surface area (TPSA) is 37.0 Å². The minimum atomic E-state index is -4.35. The van der Waals surface area contributed by atoms with E-state index in [1.807, 2.05) is 6.92 Å². The van der Waals surface area contributed by atoms with Crippen molar-refractivity contribution in [1.82, 2.24) is 10.3 Å². The number of aryl methyl sites for hydroxylation is 1. The molecule has 1 heterocycles. The van der Waals surface area contributed by atoms with Gasteiger partial charge in [-0.15, -0.1) is 0 Å². The highest BCUT2D eigenvalue weighted by atomic mass is 19.4. The Morgan fingerprint density at radius 1 is 1.33 bits per heavy atom. The number of rotatable bonds is 5. The number of aromatic nitrogens is 1. The summed E-state index contributed by atoms with van der Waals surface area (Å²) >= 11 is 0. The maximum absolute atomic E-state index is 12.7. The van der Waals surface area contributed by atoms with Gasteiger partial charge in [0.25, 0.3) is 0 Å². The number of nitrogens with one attached hydrogen (secondary N) is 2. The fourth-order valence-electron chi connectivity index (χ4n) is 2.31. The second kappa shape index (κ2) is 6.37. The van der Waals surface area contributed by atoms with Crippen LogP contribution in [-0.4, -0.2) is 18.1 Å². The fraction of sp³-hybridized carbons (Fsp3) is 0.533. The van der Waals surface area contributed by atoms with Gasteiger partial charge in [-0.2, -0.15) is 13.2 Å². The number of pyridine rings is 1. The molecule has 0 saturated heterocycles. The summed E-state index contributed by atoms with van der Waals surface area (Å²) in [6, 6.07) is 1.44. The van der Waals surface area contributed by atoms with Crippen molar-refractivity contribution in [1.29, 1.82) is 0 Å². The lowest BCUT2D eigenvalue weighted by Gasteiger charge is -2.23. The lowest BCUT2D eigenvalue weighted by atomic mass is 9.90. The summed E-state index contributed by atoms with van der Waals surface area (Å²) in [5.74, 6) is 0.468. The molecule has 6 heteroatoms. The van der Waals surface area contributed by atoms with Gasteiger partial charge >= 0.3 is 6.18 Å². The lowest BCUT2D eigenvalue weighted by Crippen LogP contribution is -2.24. The van der Waals surface area contributed by atoms with Gasteiger partial charge in [-0.1, -0.05) is 0 Å². The summed E-state index contributed by atoms with van der Waals surface area (Å²) in [4.78, 5) is 3.86. The predicted molar refractivity (Wildman–Crippen MR) is 77.0 cm³/mol. The first kappa shape index (κ1) is 15.7. The smallest absolute Gasteiger partial charge is 0.387 e. The minimum absolute atomic E-state index is 0.182. The molecule has 1 aromatic heterocycles. The van der Waals surface area contributed by atoms with E-state index in [4.69, 9.17) is 0 Å². The van der Waals surface area contributed by atoms with E-state index in [1.165, 1.54) is 25.0 Å². The van der Waals surface area contributed by atoms with Crippen molar-refractivity contribution in [2.75, 3.05) is 18.4 Å². The standard InChI is InChI=1S/C15H20F3N3/c1-3-19-13(11-5-4-6-11)9-21-14-7-10(2)12(8-20-14)15(16,17)18/h7-8,19H,3-6,9H2,1-2H3,(H,20,21). The molecule has 0 radical (unpaired) electrons. The molecular weight excluding hydrogens is 279 g/mol. The molecule has 116 valence electrons. The highest BCUT2D eigenvalue weighted by Crippen LogP contribution is 2.32. The van der Waals surface area contributed by atoms with Gasteiger partial charge < -0.3 is 10.6 Å². The first-order valence-corrected chi connectivity index (χ1v) is 7.14. The Morgan fingerprint density at radius 3 is 2.52 bits per heavy atom. The SMILES string of the molecule is CCNC(CNc1cc(C)c(C(F)(F)F)cn1)=C1CCC1. The Balaban J connectivity index is 2.05. The third-order valence-corrected chi connectivity index (χ3v) is 3.64. The van der Waals surface area contributed by atoms with Gasteiger partial charge in [-0.3, -0.25) is 0 Å². The molecule has 0 bridgehead atoms. The molecule has 1 saturated carbocycles. The van der Waals surface area contributed by atoms with E-state index in [0.29, 0.717) is 12.4 Å². The molecule has 0 unspecified atom stereocenters. The van der Waals surface area contributed by atoms with Crippen molar-refractivity contribution in [3.8, 4) is 0 Å². The molecule has 1 aliphatic rings. The Morgan fingerprint density at radius 2 is 2.05 bits per heavy atom. The molecular formula is C15H20F3N3. The van der Waals surface area contributed by atoms with Crippen molar-refractivity contribution in [2.24, 2.45) is 0 Å². The molecule has 1 aromatic rings. The fourth-order valence-corrected chi connectivity index (χ4v) is 2.31. The molecule has 21 heavy (non-hydrogen) atoms. The van der Waals surface area contributed by atoms with Crippen LogP contribution in [0.15, 0.2) is 23.5 Å². The van der Waals surface area contributed by atoms with Gasteiger partial charge in [-0.25, -0.2) is 4.98 Å². The van der Waals surface area contributed by atoms with Crippen molar-refractivity contribution >= 4 is 5.82 Å². The van der Waals surface area contributed by atoms with E-state index in [0.717, 1.165) is 31.3 Å². The van der Waals surface area contributed by atoms with Crippen LogP contribution >= 0.6 is 0 Å². The quantitative estimate of drug-likeness (QED) is 0.866. The van der Waals surface area contributed by atoms with E-state index in [-0.39, 0.29) is 5.56 Å². The second-order valence-corrected chi connectivity index (χ2v) is 5.20. The summed E-state index contributed by atoms with van der Waals surface area (Å²) < 4.78 is 38.0. The predicted octanol–water partition coefficient (Wildman–Crippen LogP) is 3.87. The number of hydrogen-bond acceptors (Lipinski definition) is 3. The number of allylic oxidation sites excluding steroid dienone is 1. The third-order valence-electron chi connectivity index (χ3n) is 3.64. The zero-order valence-electron chi connectivity index (χ0n) is 12.3. The van der Waals surface area contributed by atoms with Gasteiger partial charge in [0, 0.05) is 18.4 Å². The highest BCUT2D eigenvalue weighted by molar-refractivity contribution is 5.43. The zero-order valence-corrected chi connectivity index (χ0v) is 12.3. The molecule has 2 N–H and O–H groups in total. The third kappa shape index (κ3) is 3.89. The molecule has 1 fully saturated rings. The Labute approximate surface area is 122 Å². The van der Waals surface area contributed by atoms with Crippen molar-refractivity contribution < 1.29 is 13.2 Å². The summed E-state index contributed by atoms with van der Waals surface area (Å²) in [5, 5.41) is 6.41. The number of halogens is 3. The molecule has 0 spiro atoms. The average Bonchev–Trinajstić information content (AvgIpc) is 2.32. The van der Waals surface area contributed by atoms with Crippen molar-refractivity contribution in [2.45, 2.75) is 39.3 Å².